The monoisotopic (exact) mass is 228 g/mol. The number of aromatic nitrogens is 4. The molecule has 0 bridgehead atoms. The van der Waals surface area contributed by atoms with Crippen LogP contribution in [0.5, 0.6) is 0 Å². The zero-order valence-electron chi connectivity index (χ0n) is 7.70. The van der Waals surface area contributed by atoms with E-state index in [0.717, 1.165) is 0 Å². The molecule has 2 aromatic rings. The first-order valence-electron chi connectivity index (χ1n) is 4.37. The molecule has 0 aromatic carbocycles. The van der Waals surface area contributed by atoms with Gasteiger partial charge in [0.1, 0.15) is 11.3 Å². The average molecular weight is 229 g/mol. The molecule has 0 amide bonds. The molecule has 6 nitrogen and oxygen atoms in total. The molecule has 0 spiro atoms. The largest absolute Gasteiger partial charge is 0.391 e. The Hall–Kier alpha value is -1.40. The van der Waals surface area contributed by atoms with Crippen molar-refractivity contribution in [2.75, 3.05) is 5.88 Å². The van der Waals surface area contributed by atoms with Crippen LogP contribution in [-0.4, -0.2) is 37.3 Å². The smallest absolute Gasteiger partial charge is 0.279 e. The predicted molar refractivity (Wildman–Crippen MR) is 54.9 cm³/mol. The number of hydrogen-bond donors (Lipinski definition) is 3. The first kappa shape index (κ1) is 10.1. The highest BCUT2D eigenvalue weighted by Gasteiger charge is 2.09. The number of nitrogens with zero attached hydrogens (tertiary/aromatic N) is 2. The number of halogens is 1. The normalized spacial score (nSPS) is 13.2. The van der Waals surface area contributed by atoms with Crippen LogP contribution in [0.2, 0.25) is 0 Å². The molecule has 0 saturated heterocycles. The van der Waals surface area contributed by atoms with Crippen LogP contribution in [0.25, 0.3) is 11.0 Å². The molecule has 1 atom stereocenters. The highest BCUT2D eigenvalue weighted by atomic mass is 35.5. The fraction of sp³-hybridized carbons (Fsp3) is 0.375. The number of hydrogen-bond acceptors (Lipinski definition) is 4. The molecular weight excluding hydrogens is 220 g/mol. The summed E-state index contributed by atoms with van der Waals surface area (Å²) < 4.78 is 0. The van der Waals surface area contributed by atoms with Gasteiger partial charge >= 0.3 is 0 Å². The third-order valence-corrected chi connectivity index (χ3v) is 2.31. The minimum absolute atomic E-state index is 0.104. The Morgan fingerprint density at radius 1 is 1.60 bits per heavy atom. The van der Waals surface area contributed by atoms with Crippen molar-refractivity contribution >= 4 is 22.6 Å². The van der Waals surface area contributed by atoms with Crippen molar-refractivity contribution < 1.29 is 5.11 Å². The number of aromatic amines is 2. The molecular formula is C8H9ClN4O2. The van der Waals surface area contributed by atoms with E-state index in [1.807, 2.05) is 0 Å². The Kier molecular flexibility index (Phi) is 2.70. The van der Waals surface area contributed by atoms with Crippen molar-refractivity contribution in [3.8, 4) is 0 Å². The minimum atomic E-state index is -0.709. The second-order valence-electron chi connectivity index (χ2n) is 3.14. The van der Waals surface area contributed by atoms with Crippen LogP contribution in [0.3, 0.4) is 0 Å². The van der Waals surface area contributed by atoms with Gasteiger partial charge in [-0.25, -0.2) is 4.98 Å². The standard InChI is InChI=1S/C8H9ClN4O2/c9-2-4(14)1-6-11-5-3-10-13-7(5)8(15)12-6/h3-4,14H,1-2H2,(H,10,13)(H,11,12,15)/t4-/m1/s1. The average Bonchev–Trinajstić information content (AvgIpc) is 2.66. The van der Waals surface area contributed by atoms with Crippen LogP contribution in [0, 0.1) is 0 Å². The van der Waals surface area contributed by atoms with Crippen LogP contribution < -0.4 is 5.56 Å². The fourth-order valence-corrected chi connectivity index (χ4v) is 1.38. The predicted octanol–water partition coefficient (Wildman–Crippen LogP) is -0.212. The Balaban J connectivity index is 2.41. The van der Waals surface area contributed by atoms with Crippen molar-refractivity contribution in [3.63, 3.8) is 0 Å². The summed E-state index contributed by atoms with van der Waals surface area (Å²) in [6.45, 7) is 0. The van der Waals surface area contributed by atoms with Crippen LogP contribution in [0.4, 0.5) is 0 Å². The topological polar surface area (TPSA) is 94.7 Å². The molecule has 0 aliphatic heterocycles. The molecule has 3 N–H and O–H groups in total. The van der Waals surface area contributed by atoms with Crippen molar-refractivity contribution in [2.24, 2.45) is 0 Å². The van der Waals surface area contributed by atoms with Gasteiger partial charge in [-0.1, -0.05) is 0 Å². The molecule has 0 unspecified atom stereocenters. The van der Waals surface area contributed by atoms with Crippen molar-refractivity contribution in [1.29, 1.82) is 0 Å². The number of fused-ring (bicyclic) bond motifs is 1. The number of rotatable bonds is 3. The maximum Gasteiger partial charge on any atom is 0.279 e. The zero-order valence-corrected chi connectivity index (χ0v) is 8.45. The van der Waals surface area contributed by atoms with Gasteiger partial charge < -0.3 is 10.1 Å². The van der Waals surface area contributed by atoms with Crippen LogP contribution >= 0.6 is 11.6 Å². The van der Waals surface area contributed by atoms with Crippen molar-refractivity contribution in [1.82, 2.24) is 20.2 Å². The highest BCUT2D eigenvalue weighted by molar-refractivity contribution is 6.18. The number of aliphatic hydroxyl groups excluding tert-OH is 1. The first-order chi connectivity index (χ1) is 7.20. The minimum Gasteiger partial charge on any atom is -0.391 e. The summed E-state index contributed by atoms with van der Waals surface area (Å²) >= 11 is 5.45. The van der Waals surface area contributed by atoms with Gasteiger partial charge in [0.25, 0.3) is 5.56 Å². The van der Waals surface area contributed by atoms with E-state index in [1.54, 1.807) is 0 Å². The number of nitrogens with one attached hydrogen (secondary N) is 2. The third kappa shape index (κ3) is 2.00. The maximum absolute atomic E-state index is 11.4. The molecule has 80 valence electrons. The Morgan fingerprint density at radius 3 is 3.13 bits per heavy atom. The second-order valence-corrected chi connectivity index (χ2v) is 3.45. The molecule has 0 aliphatic carbocycles. The molecule has 2 aromatic heterocycles. The lowest BCUT2D eigenvalue weighted by Crippen LogP contribution is -2.18. The van der Waals surface area contributed by atoms with E-state index in [4.69, 9.17) is 11.6 Å². The molecule has 2 heterocycles. The van der Waals surface area contributed by atoms with Crippen LogP contribution in [0.15, 0.2) is 11.0 Å². The van der Waals surface area contributed by atoms with Gasteiger partial charge in [-0.15, -0.1) is 11.6 Å². The number of alkyl halides is 1. The van der Waals surface area contributed by atoms with E-state index in [1.165, 1.54) is 6.20 Å². The molecule has 0 aliphatic rings. The summed E-state index contributed by atoms with van der Waals surface area (Å²) in [6, 6.07) is 0. The quantitative estimate of drug-likeness (QED) is 0.634. The van der Waals surface area contributed by atoms with E-state index >= 15 is 0 Å². The van der Waals surface area contributed by atoms with Gasteiger partial charge in [0.2, 0.25) is 0 Å². The summed E-state index contributed by atoms with van der Waals surface area (Å²) in [7, 11) is 0. The summed E-state index contributed by atoms with van der Waals surface area (Å²) in [5.74, 6) is 0.509. The summed E-state index contributed by atoms with van der Waals surface area (Å²) in [6.07, 6.45) is 1.04. The van der Waals surface area contributed by atoms with Crippen molar-refractivity contribution in [2.45, 2.75) is 12.5 Å². The molecule has 7 heteroatoms. The van der Waals surface area contributed by atoms with E-state index in [9.17, 15) is 9.90 Å². The molecule has 0 fully saturated rings. The van der Waals surface area contributed by atoms with E-state index in [2.05, 4.69) is 20.2 Å². The lowest BCUT2D eigenvalue weighted by molar-refractivity contribution is 0.196. The van der Waals surface area contributed by atoms with Gasteiger partial charge in [-0.05, 0) is 0 Å². The SMILES string of the molecule is O=c1[nH]c(C[C@@H](O)CCl)nc2c[nH]nc12. The number of H-pyrrole nitrogens is 2. The molecule has 15 heavy (non-hydrogen) atoms. The fourth-order valence-electron chi connectivity index (χ4n) is 1.27. The summed E-state index contributed by atoms with van der Waals surface area (Å²) in [4.78, 5) is 18.1. The summed E-state index contributed by atoms with van der Waals surface area (Å²) in [5, 5.41) is 15.6. The summed E-state index contributed by atoms with van der Waals surface area (Å²) in [5.41, 5.74) is 0.424. The van der Waals surface area contributed by atoms with Gasteiger partial charge in [-0.3, -0.25) is 9.89 Å². The lowest BCUT2D eigenvalue weighted by atomic mass is 10.2. The Bertz CT molecular complexity index is 521. The third-order valence-electron chi connectivity index (χ3n) is 1.96. The molecule has 0 saturated carbocycles. The van der Waals surface area contributed by atoms with E-state index in [-0.39, 0.29) is 23.4 Å². The zero-order chi connectivity index (χ0) is 10.8. The van der Waals surface area contributed by atoms with Gasteiger partial charge in [0.15, 0.2) is 5.52 Å². The second kappa shape index (κ2) is 4.00. The van der Waals surface area contributed by atoms with Gasteiger partial charge in [-0.2, -0.15) is 5.10 Å². The van der Waals surface area contributed by atoms with Gasteiger partial charge in [0, 0.05) is 18.5 Å². The lowest BCUT2D eigenvalue weighted by Gasteiger charge is -2.04. The highest BCUT2D eigenvalue weighted by Crippen LogP contribution is 2.03. The molecule has 2 rings (SSSR count). The first-order valence-corrected chi connectivity index (χ1v) is 4.91. The van der Waals surface area contributed by atoms with Crippen LogP contribution in [0.1, 0.15) is 5.82 Å². The number of aliphatic hydroxyl groups is 1. The van der Waals surface area contributed by atoms with Crippen LogP contribution in [-0.2, 0) is 6.42 Å². The molecule has 0 radical (unpaired) electrons. The van der Waals surface area contributed by atoms with E-state index in [0.29, 0.717) is 11.3 Å². The Labute approximate surface area is 89.3 Å². The van der Waals surface area contributed by atoms with E-state index < -0.39 is 6.10 Å². The van der Waals surface area contributed by atoms with Gasteiger partial charge in [0.05, 0.1) is 6.10 Å². The maximum atomic E-state index is 11.4. The van der Waals surface area contributed by atoms with Crippen molar-refractivity contribution in [3.05, 3.63) is 22.4 Å². The Morgan fingerprint density at radius 2 is 2.40 bits per heavy atom.